The standard InChI is InChI=1S/C12H23NO/c1-3-13-9(2)12(14)8-10-4-6-11(12)7-5-10/h9-11,13-14H,3-8H2,1-2H3. The van der Waals surface area contributed by atoms with Gasteiger partial charge >= 0.3 is 0 Å². The number of rotatable bonds is 3. The topological polar surface area (TPSA) is 32.3 Å². The van der Waals surface area contributed by atoms with Gasteiger partial charge in [0.05, 0.1) is 5.60 Å². The number of hydrogen-bond acceptors (Lipinski definition) is 2. The molecule has 14 heavy (non-hydrogen) atoms. The molecule has 82 valence electrons. The van der Waals surface area contributed by atoms with Crippen LogP contribution in [0.15, 0.2) is 0 Å². The molecule has 2 unspecified atom stereocenters. The Morgan fingerprint density at radius 1 is 1.36 bits per heavy atom. The maximum Gasteiger partial charge on any atom is 0.0827 e. The highest BCUT2D eigenvalue weighted by molar-refractivity contribution is 5.02. The Morgan fingerprint density at radius 2 is 2.00 bits per heavy atom. The molecule has 3 aliphatic carbocycles. The van der Waals surface area contributed by atoms with Gasteiger partial charge < -0.3 is 10.4 Å². The molecule has 3 fully saturated rings. The van der Waals surface area contributed by atoms with Crippen molar-refractivity contribution in [3.05, 3.63) is 0 Å². The van der Waals surface area contributed by atoms with Gasteiger partial charge in [0.25, 0.3) is 0 Å². The third-order valence-corrected chi connectivity index (χ3v) is 4.43. The maximum absolute atomic E-state index is 10.7. The predicted molar refractivity (Wildman–Crippen MR) is 58.2 cm³/mol. The van der Waals surface area contributed by atoms with E-state index in [2.05, 4.69) is 19.2 Å². The molecule has 0 saturated heterocycles. The molecule has 2 N–H and O–H groups in total. The second-order valence-corrected chi connectivity index (χ2v) is 5.19. The summed E-state index contributed by atoms with van der Waals surface area (Å²) in [6.07, 6.45) is 6.23. The van der Waals surface area contributed by atoms with Gasteiger partial charge in [0.15, 0.2) is 0 Å². The summed E-state index contributed by atoms with van der Waals surface area (Å²) >= 11 is 0. The zero-order valence-electron chi connectivity index (χ0n) is 9.42. The highest BCUT2D eigenvalue weighted by atomic mass is 16.3. The van der Waals surface area contributed by atoms with Crippen LogP contribution in [0.25, 0.3) is 0 Å². The highest BCUT2D eigenvalue weighted by Gasteiger charge is 2.48. The molecule has 3 aliphatic rings. The Balaban J connectivity index is 2.07. The van der Waals surface area contributed by atoms with Gasteiger partial charge in [0.1, 0.15) is 0 Å². The van der Waals surface area contributed by atoms with Crippen LogP contribution < -0.4 is 5.32 Å². The zero-order valence-corrected chi connectivity index (χ0v) is 9.42. The lowest BCUT2D eigenvalue weighted by Crippen LogP contribution is -2.58. The van der Waals surface area contributed by atoms with Crippen molar-refractivity contribution in [1.29, 1.82) is 0 Å². The maximum atomic E-state index is 10.7. The molecule has 2 nitrogen and oxygen atoms in total. The van der Waals surface area contributed by atoms with Crippen molar-refractivity contribution < 1.29 is 5.11 Å². The highest BCUT2D eigenvalue weighted by Crippen LogP contribution is 2.48. The van der Waals surface area contributed by atoms with Crippen LogP contribution in [0.3, 0.4) is 0 Å². The first-order chi connectivity index (χ1) is 6.66. The van der Waals surface area contributed by atoms with Gasteiger partial charge in [-0.2, -0.15) is 0 Å². The van der Waals surface area contributed by atoms with Crippen LogP contribution in [-0.4, -0.2) is 23.3 Å². The Labute approximate surface area is 87.1 Å². The minimum atomic E-state index is -0.406. The van der Waals surface area contributed by atoms with Crippen molar-refractivity contribution in [3.63, 3.8) is 0 Å². The fourth-order valence-electron chi connectivity index (χ4n) is 3.51. The predicted octanol–water partition coefficient (Wildman–Crippen LogP) is 1.93. The summed E-state index contributed by atoms with van der Waals surface area (Å²) in [5.41, 5.74) is -0.406. The third kappa shape index (κ3) is 1.59. The molecule has 0 aromatic rings. The minimum absolute atomic E-state index is 0.264. The summed E-state index contributed by atoms with van der Waals surface area (Å²) in [6, 6.07) is 0.264. The van der Waals surface area contributed by atoms with Crippen molar-refractivity contribution in [2.45, 2.75) is 57.6 Å². The van der Waals surface area contributed by atoms with E-state index >= 15 is 0 Å². The quantitative estimate of drug-likeness (QED) is 0.724. The Kier molecular flexibility index (Phi) is 2.85. The number of hydrogen-bond donors (Lipinski definition) is 2. The molecule has 3 rings (SSSR count). The van der Waals surface area contributed by atoms with E-state index in [1.165, 1.54) is 25.7 Å². The van der Waals surface area contributed by atoms with Crippen molar-refractivity contribution in [1.82, 2.24) is 5.32 Å². The number of aliphatic hydroxyl groups is 1. The fraction of sp³-hybridized carbons (Fsp3) is 1.00. The van der Waals surface area contributed by atoms with E-state index in [0.717, 1.165) is 18.9 Å². The summed E-state index contributed by atoms with van der Waals surface area (Å²) in [5.74, 6) is 1.35. The van der Waals surface area contributed by atoms with E-state index in [1.54, 1.807) is 0 Å². The molecule has 0 radical (unpaired) electrons. The Morgan fingerprint density at radius 3 is 2.43 bits per heavy atom. The van der Waals surface area contributed by atoms with E-state index in [1.807, 2.05) is 0 Å². The SMILES string of the molecule is CCNC(C)C1(O)CC2CCC1CC2. The van der Waals surface area contributed by atoms with Crippen LogP contribution in [0.2, 0.25) is 0 Å². The Bertz CT molecular complexity index is 198. The molecule has 0 aromatic carbocycles. The van der Waals surface area contributed by atoms with E-state index in [0.29, 0.717) is 5.92 Å². The van der Waals surface area contributed by atoms with E-state index in [4.69, 9.17) is 0 Å². The molecule has 0 aliphatic heterocycles. The monoisotopic (exact) mass is 197 g/mol. The van der Waals surface area contributed by atoms with Gasteiger partial charge in [-0.3, -0.25) is 0 Å². The van der Waals surface area contributed by atoms with Gasteiger partial charge in [-0.15, -0.1) is 0 Å². The Hall–Kier alpha value is -0.0800. The molecule has 0 amide bonds. The molecule has 2 atom stereocenters. The average molecular weight is 197 g/mol. The number of fused-ring (bicyclic) bond motifs is 3. The molecule has 2 bridgehead atoms. The summed E-state index contributed by atoms with van der Waals surface area (Å²) in [5, 5.41) is 14.1. The summed E-state index contributed by atoms with van der Waals surface area (Å²) in [7, 11) is 0. The first kappa shape index (κ1) is 10.4. The van der Waals surface area contributed by atoms with Crippen LogP contribution in [0.5, 0.6) is 0 Å². The van der Waals surface area contributed by atoms with Gasteiger partial charge in [-0.25, -0.2) is 0 Å². The fourth-order valence-corrected chi connectivity index (χ4v) is 3.51. The van der Waals surface area contributed by atoms with Crippen LogP contribution >= 0.6 is 0 Å². The normalized spacial score (nSPS) is 43.9. The van der Waals surface area contributed by atoms with Crippen molar-refractivity contribution >= 4 is 0 Å². The van der Waals surface area contributed by atoms with E-state index in [9.17, 15) is 5.11 Å². The van der Waals surface area contributed by atoms with Crippen LogP contribution in [0, 0.1) is 11.8 Å². The molecule has 3 saturated carbocycles. The molecular formula is C12H23NO. The number of nitrogens with one attached hydrogen (secondary N) is 1. The lowest BCUT2D eigenvalue weighted by Gasteiger charge is -2.51. The minimum Gasteiger partial charge on any atom is -0.388 e. The lowest BCUT2D eigenvalue weighted by molar-refractivity contribution is -0.116. The smallest absolute Gasteiger partial charge is 0.0827 e. The van der Waals surface area contributed by atoms with Gasteiger partial charge in [0, 0.05) is 6.04 Å². The van der Waals surface area contributed by atoms with E-state index < -0.39 is 5.60 Å². The van der Waals surface area contributed by atoms with Crippen molar-refractivity contribution in [2.75, 3.05) is 6.54 Å². The summed E-state index contributed by atoms with van der Waals surface area (Å²) < 4.78 is 0. The number of likely N-dealkylation sites (N-methyl/N-ethyl adjacent to an activating group) is 1. The lowest BCUT2D eigenvalue weighted by atomic mass is 9.60. The molecular weight excluding hydrogens is 174 g/mol. The molecule has 0 heterocycles. The van der Waals surface area contributed by atoms with Crippen LogP contribution in [-0.2, 0) is 0 Å². The zero-order chi connectivity index (χ0) is 10.2. The third-order valence-electron chi connectivity index (χ3n) is 4.43. The van der Waals surface area contributed by atoms with Crippen molar-refractivity contribution in [2.24, 2.45) is 11.8 Å². The second kappa shape index (κ2) is 3.82. The van der Waals surface area contributed by atoms with Gasteiger partial charge in [-0.1, -0.05) is 6.92 Å². The van der Waals surface area contributed by atoms with Gasteiger partial charge in [0.2, 0.25) is 0 Å². The van der Waals surface area contributed by atoms with Crippen LogP contribution in [0.1, 0.15) is 46.0 Å². The van der Waals surface area contributed by atoms with Gasteiger partial charge in [-0.05, 0) is 57.4 Å². The van der Waals surface area contributed by atoms with Crippen molar-refractivity contribution in [3.8, 4) is 0 Å². The largest absolute Gasteiger partial charge is 0.388 e. The second-order valence-electron chi connectivity index (χ2n) is 5.19. The summed E-state index contributed by atoms with van der Waals surface area (Å²) in [6.45, 7) is 5.21. The molecule has 2 heteroatoms. The molecule has 0 spiro atoms. The average Bonchev–Trinajstić information content (AvgIpc) is 2.19. The van der Waals surface area contributed by atoms with E-state index in [-0.39, 0.29) is 6.04 Å². The summed E-state index contributed by atoms with van der Waals surface area (Å²) in [4.78, 5) is 0. The first-order valence-electron chi connectivity index (χ1n) is 6.12. The molecule has 0 aromatic heterocycles. The first-order valence-corrected chi connectivity index (χ1v) is 6.12. The van der Waals surface area contributed by atoms with Crippen LogP contribution in [0.4, 0.5) is 0 Å².